The van der Waals surface area contributed by atoms with Crippen molar-refractivity contribution in [1.29, 1.82) is 0 Å². The number of rotatable bonds is 7. The van der Waals surface area contributed by atoms with E-state index in [9.17, 15) is 8.42 Å². The lowest BCUT2D eigenvalue weighted by atomic mass is 10.2. The molecule has 0 fully saturated rings. The van der Waals surface area contributed by atoms with Crippen LogP contribution in [0.5, 0.6) is 5.75 Å². The van der Waals surface area contributed by atoms with E-state index in [2.05, 4.69) is 9.82 Å². The average Bonchev–Trinajstić information content (AvgIpc) is 2.94. The van der Waals surface area contributed by atoms with Crippen molar-refractivity contribution in [3.8, 4) is 5.75 Å². The summed E-state index contributed by atoms with van der Waals surface area (Å²) >= 11 is 6.13. The van der Waals surface area contributed by atoms with E-state index in [1.807, 2.05) is 6.92 Å². The van der Waals surface area contributed by atoms with Gasteiger partial charge < -0.3 is 4.74 Å². The molecule has 0 aliphatic rings. The summed E-state index contributed by atoms with van der Waals surface area (Å²) in [5.41, 5.74) is 1.55. The molecule has 1 aromatic carbocycles. The summed E-state index contributed by atoms with van der Waals surface area (Å²) in [7, 11) is -2.03. The summed E-state index contributed by atoms with van der Waals surface area (Å²) in [6.45, 7) is 5.88. The number of nitrogens with one attached hydrogen (secondary N) is 1. The van der Waals surface area contributed by atoms with Crippen LogP contribution in [0.1, 0.15) is 37.6 Å². The molecule has 1 N–H and O–H groups in total. The molecule has 0 radical (unpaired) electrons. The summed E-state index contributed by atoms with van der Waals surface area (Å²) in [5, 5.41) is 4.48. The van der Waals surface area contributed by atoms with Gasteiger partial charge in [0.1, 0.15) is 10.6 Å². The Kier molecular flexibility index (Phi) is 5.90. The van der Waals surface area contributed by atoms with Gasteiger partial charge in [-0.15, -0.1) is 0 Å². The van der Waals surface area contributed by atoms with Crippen LogP contribution in [0.25, 0.3) is 0 Å². The Labute approximate surface area is 147 Å². The van der Waals surface area contributed by atoms with Crippen LogP contribution in [0, 0.1) is 6.92 Å². The molecule has 2 aromatic rings. The highest BCUT2D eigenvalue weighted by Crippen LogP contribution is 2.31. The van der Waals surface area contributed by atoms with Crippen LogP contribution in [-0.4, -0.2) is 24.8 Å². The van der Waals surface area contributed by atoms with Crippen molar-refractivity contribution in [3.63, 3.8) is 0 Å². The van der Waals surface area contributed by atoms with E-state index < -0.39 is 16.1 Å². The van der Waals surface area contributed by atoms with Crippen molar-refractivity contribution < 1.29 is 13.2 Å². The number of nitrogens with zero attached hydrogens (tertiary/aromatic N) is 2. The molecule has 24 heavy (non-hydrogen) atoms. The minimum Gasteiger partial charge on any atom is -0.492 e. The number of halogens is 1. The summed E-state index contributed by atoms with van der Waals surface area (Å²) in [6.07, 6.45) is 2.23. The predicted molar refractivity (Wildman–Crippen MR) is 93.9 cm³/mol. The molecular formula is C16H22ClN3O3S. The molecular weight excluding hydrogens is 350 g/mol. The molecule has 0 saturated heterocycles. The zero-order valence-corrected chi connectivity index (χ0v) is 15.8. The van der Waals surface area contributed by atoms with Gasteiger partial charge in [-0.05, 0) is 44.0 Å². The van der Waals surface area contributed by atoms with Gasteiger partial charge in [0.05, 0.1) is 18.3 Å². The van der Waals surface area contributed by atoms with E-state index in [0.717, 1.165) is 11.3 Å². The molecule has 1 aromatic heterocycles. The molecule has 2 rings (SSSR count). The molecule has 6 nitrogen and oxygen atoms in total. The highest BCUT2D eigenvalue weighted by atomic mass is 35.5. The third-order valence-electron chi connectivity index (χ3n) is 3.74. The lowest BCUT2D eigenvalue weighted by Gasteiger charge is -2.19. The number of hydrogen-bond donors (Lipinski definition) is 1. The second kappa shape index (κ2) is 7.55. The van der Waals surface area contributed by atoms with Crippen LogP contribution in [0.2, 0.25) is 5.02 Å². The van der Waals surface area contributed by atoms with Crippen LogP contribution in [-0.2, 0) is 17.1 Å². The largest absolute Gasteiger partial charge is 0.492 e. The lowest BCUT2D eigenvalue weighted by molar-refractivity contribution is 0.330. The summed E-state index contributed by atoms with van der Waals surface area (Å²) in [5.74, 6) is 0.298. The molecule has 0 bridgehead atoms. The second-order valence-corrected chi connectivity index (χ2v) is 7.53. The highest BCUT2D eigenvalue weighted by molar-refractivity contribution is 7.89. The SMILES string of the molecule is CCOc1cc(C)c(Cl)cc1S(=O)(=O)NC(CC)c1ccnn1C. The minimum atomic E-state index is -3.81. The number of hydrogen-bond acceptors (Lipinski definition) is 4. The quantitative estimate of drug-likeness (QED) is 0.811. The molecule has 1 atom stereocenters. The maximum absolute atomic E-state index is 12.9. The van der Waals surface area contributed by atoms with Crippen LogP contribution in [0.4, 0.5) is 0 Å². The average molecular weight is 372 g/mol. The fourth-order valence-electron chi connectivity index (χ4n) is 2.44. The molecule has 132 valence electrons. The fourth-order valence-corrected chi connectivity index (χ4v) is 4.12. The maximum Gasteiger partial charge on any atom is 0.244 e. The van der Waals surface area contributed by atoms with E-state index in [1.54, 1.807) is 43.9 Å². The number of aryl methyl sites for hydroxylation is 2. The van der Waals surface area contributed by atoms with Gasteiger partial charge in [-0.2, -0.15) is 5.10 Å². The van der Waals surface area contributed by atoms with E-state index >= 15 is 0 Å². The van der Waals surface area contributed by atoms with Gasteiger partial charge in [0, 0.05) is 18.3 Å². The van der Waals surface area contributed by atoms with Crippen LogP contribution in [0.3, 0.4) is 0 Å². The van der Waals surface area contributed by atoms with Crippen molar-refractivity contribution in [2.45, 2.75) is 38.1 Å². The Bertz CT molecular complexity index is 818. The standard InChI is InChI=1S/C16H22ClN3O3S/c1-5-13(14-7-8-18-20(14)4)19-24(21,22)16-10-12(17)11(3)9-15(16)23-6-2/h7-10,13,19H,5-6H2,1-4H3. The topological polar surface area (TPSA) is 73.2 Å². The number of ether oxygens (including phenoxy) is 1. The number of benzene rings is 1. The van der Waals surface area contributed by atoms with Gasteiger partial charge in [-0.1, -0.05) is 18.5 Å². The van der Waals surface area contributed by atoms with E-state index in [4.69, 9.17) is 16.3 Å². The van der Waals surface area contributed by atoms with Crippen LogP contribution >= 0.6 is 11.6 Å². The first-order valence-electron chi connectivity index (χ1n) is 7.73. The van der Waals surface area contributed by atoms with E-state index in [-0.39, 0.29) is 4.90 Å². The molecule has 0 aliphatic carbocycles. The van der Waals surface area contributed by atoms with Crippen molar-refractivity contribution in [3.05, 3.63) is 40.7 Å². The molecule has 0 saturated carbocycles. The minimum absolute atomic E-state index is 0.0422. The third kappa shape index (κ3) is 3.91. The first-order chi connectivity index (χ1) is 11.3. The number of sulfonamides is 1. The Morgan fingerprint density at radius 3 is 2.62 bits per heavy atom. The second-order valence-electron chi connectivity index (χ2n) is 5.44. The van der Waals surface area contributed by atoms with Crippen LogP contribution < -0.4 is 9.46 Å². The Morgan fingerprint density at radius 2 is 2.08 bits per heavy atom. The summed E-state index contributed by atoms with van der Waals surface area (Å²) < 4.78 is 35.6. The Balaban J connectivity index is 2.43. The van der Waals surface area contributed by atoms with Gasteiger partial charge >= 0.3 is 0 Å². The summed E-state index contributed by atoms with van der Waals surface area (Å²) in [4.78, 5) is 0.0422. The van der Waals surface area contributed by atoms with Gasteiger partial charge in [0.25, 0.3) is 0 Å². The number of aromatic nitrogens is 2. The van der Waals surface area contributed by atoms with Crippen molar-refractivity contribution in [1.82, 2.24) is 14.5 Å². The molecule has 1 heterocycles. The molecule has 8 heteroatoms. The monoisotopic (exact) mass is 371 g/mol. The van der Waals surface area contributed by atoms with E-state index in [0.29, 0.717) is 23.8 Å². The van der Waals surface area contributed by atoms with Gasteiger partial charge in [-0.3, -0.25) is 4.68 Å². The molecule has 0 amide bonds. The third-order valence-corrected chi connectivity index (χ3v) is 5.64. The normalized spacial score (nSPS) is 13.0. The summed E-state index contributed by atoms with van der Waals surface area (Å²) in [6, 6.07) is 4.48. The Morgan fingerprint density at radius 1 is 1.38 bits per heavy atom. The van der Waals surface area contributed by atoms with Crippen LogP contribution in [0.15, 0.2) is 29.3 Å². The Hall–Kier alpha value is -1.57. The van der Waals surface area contributed by atoms with Crippen molar-refractivity contribution in [2.75, 3.05) is 6.61 Å². The van der Waals surface area contributed by atoms with Gasteiger partial charge in [0.15, 0.2) is 0 Å². The fraction of sp³-hybridized carbons (Fsp3) is 0.438. The lowest BCUT2D eigenvalue weighted by Crippen LogP contribution is -2.30. The molecule has 0 aliphatic heterocycles. The zero-order valence-electron chi connectivity index (χ0n) is 14.2. The van der Waals surface area contributed by atoms with Crippen molar-refractivity contribution >= 4 is 21.6 Å². The zero-order chi connectivity index (χ0) is 17.9. The highest BCUT2D eigenvalue weighted by Gasteiger charge is 2.26. The van der Waals surface area contributed by atoms with E-state index in [1.165, 1.54) is 6.07 Å². The maximum atomic E-state index is 12.9. The molecule has 0 spiro atoms. The van der Waals surface area contributed by atoms with Crippen molar-refractivity contribution in [2.24, 2.45) is 7.05 Å². The predicted octanol–water partition coefficient (Wildman–Crippen LogP) is 3.21. The van der Waals surface area contributed by atoms with Gasteiger partial charge in [-0.25, -0.2) is 13.1 Å². The first kappa shape index (κ1) is 18.8. The molecule has 1 unspecified atom stereocenters. The first-order valence-corrected chi connectivity index (χ1v) is 9.59. The smallest absolute Gasteiger partial charge is 0.244 e. The van der Waals surface area contributed by atoms with Gasteiger partial charge in [0.2, 0.25) is 10.0 Å².